The van der Waals surface area contributed by atoms with Gasteiger partial charge in [0.1, 0.15) is 0 Å². The first-order valence-electron chi connectivity index (χ1n) is 4.54. The Kier molecular flexibility index (Phi) is 6.52. The summed E-state index contributed by atoms with van der Waals surface area (Å²) in [6.07, 6.45) is 3.42. The standard InChI is InChI=1S/C8H15N2.B2O/c1-10(8-4-5-9)6-2-3-7-10;1-2-3/h2-4,6-8H2,1H3;/q+1;. The van der Waals surface area contributed by atoms with Gasteiger partial charge >= 0.3 is 19.5 Å². The van der Waals surface area contributed by atoms with Crippen molar-refractivity contribution in [3.63, 3.8) is 0 Å². The van der Waals surface area contributed by atoms with Crippen LogP contribution in [-0.4, -0.2) is 45.9 Å². The molecule has 2 radical (unpaired) electrons. The Morgan fingerprint density at radius 2 is 2.00 bits per heavy atom. The van der Waals surface area contributed by atoms with Gasteiger partial charge in [0.25, 0.3) is 0 Å². The van der Waals surface area contributed by atoms with Gasteiger partial charge in [-0.05, 0) is 0 Å². The molecule has 0 aliphatic carbocycles. The number of nitriles is 1. The van der Waals surface area contributed by atoms with E-state index in [-0.39, 0.29) is 7.04 Å². The van der Waals surface area contributed by atoms with Gasteiger partial charge in [-0.1, -0.05) is 0 Å². The molecule has 0 bridgehead atoms. The van der Waals surface area contributed by atoms with E-state index in [1.165, 1.54) is 25.9 Å². The van der Waals surface area contributed by atoms with Crippen molar-refractivity contribution < 1.29 is 9.19 Å². The second-order valence-corrected chi connectivity index (χ2v) is 3.54. The third-order valence-electron chi connectivity index (χ3n) is 2.41. The molecule has 0 aromatic heterocycles. The number of hydrogen-bond acceptors (Lipinski definition) is 2. The summed E-state index contributed by atoms with van der Waals surface area (Å²) in [5, 5.41) is 8.38. The third-order valence-corrected chi connectivity index (χ3v) is 2.41. The molecule has 1 heterocycles. The van der Waals surface area contributed by atoms with Crippen LogP contribution in [0.5, 0.6) is 0 Å². The summed E-state index contributed by atoms with van der Waals surface area (Å²) in [4.78, 5) is 0. The van der Waals surface area contributed by atoms with E-state index >= 15 is 0 Å². The number of nitrogens with zero attached hydrogens (tertiary/aromatic N) is 2. The third kappa shape index (κ3) is 5.59. The van der Waals surface area contributed by atoms with Crippen molar-refractivity contribution in [2.75, 3.05) is 26.7 Å². The van der Waals surface area contributed by atoms with E-state index in [1.54, 1.807) is 0 Å². The van der Waals surface area contributed by atoms with E-state index in [4.69, 9.17) is 9.97 Å². The molecule has 1 aliphatic rings. The van der Waals surface area contributed by atoms with E-state index < -0.39 is 0 Å². The van der Waals surface area contributed by atoms with Crippen LogP contribution < -0.4 is 0 Å². The van der Waals surface area contributed by atoms with Crippen molar-refractivity contribution >= 4 is 14.8 Å². The first-order valence-corrected chi connectivity index (χ1v) is 4.54. The fourth-order valence-corrected chi connectivity index (χ4v) is 1.64. The molecule has 0 unspecified atom stereocenters. The predicted octanol–water partition coefficient (Wildman–Crippen LogP) is 0.260. The van der Waals surface area contributed by atoms with Crippen LogP contribution in [0.15, 0.2) is 0 Å². The van der Waals surface area contributed by atoms with Gasteiger partial charge in [0.05, 0.1) is 39.2 Å². The molecule has 5 heteroatoms. The quantitative estimate of drug-likeness (QED) is 0.448. The first-order chi connectivity index (χ1) is 6.18. The first kappa shape index (κ1) is 12.4. The van der Waals surface area contributed by atoms with Crippen LogP contribution in [0.2, 0.25) is 0 Å². The minimum atomic E-state index is 0.250. The molecule has 13 heavy (non-hydrogen) atoms. The molecule has 0 N–H and O–H groups in total. The number of hydrogen-bond donors (Lipinski definition) is 0. The molecular formula is C8H15B2N2O+. The summed E-state index contributed by atoms with van der Waals surface area (Å²) in [7, 11) is 6.67. The maximum absolute atomic E-state index is 8.58. The van der Waals surface area contributed by atoms with Crippen molar-refractivity contribution in [3.8, 4) is 6.07 Å². The molecule has 0 aromatic carbocycles. The Balaban J connectivity index is 0.000000424. The fraction of sp³-hybridized carbons (Fsp3) is 0.875. The molecule has 68 valence electrons. The van der Waals surface area contributed by atoms with E-state index in [1.807, 2.05) is 0 Å². The van der Waals surface area contributed by atoms with Crippen molar-refractivity contribution in [2.45, 2.75) is 19.3 Å². The van der Waals surface area contributed by atoms with Gasteiger partial charge in [0.2, 0.25) is 0 Å². The molecular weight excluding hydrogens is 162 g/mol. The van der Waals surface area contributed by atoms with Crippen molar-refractivity contribution in [1.82, 2.24) is 0 Å². The second kappa shape index (κ2) is 6.85. The Morgan fingerprint density at radius 3 is 2.38 bits per heavy atom. The predicted molar refractivity (Wildman–Crippen MR) is 52.4 cm³/mol. The van der Waals surface area contributed by atoms with E-state index in [2.05, 4.69) is 20.9 Å². The molecule has 1 fully saturated rings. The van der Waals surface area contributed by atoms with Gasteiger partial charge in [-0.3, -0.25) is 0 Å². The average molecular weight is 177 g/mol. The maximum atomic E-state index is 8.58. The number of quaternary nitrogens is 1. The zero-order valence-corrected chi connectivity index (χ0v) is 8.20. The van der Waals surface area contributed by atoms with Gasteiger partial charge in [-0.25, -0.2) is 0 Å². The van der Waals surface area contributed by atoms with Gasteiger partial charge in [0.15, 0.2) is 0 Å². The van der Waals surface area contributed by atoms with Crippen LogP contribution in [0.3, 0.4) is 0 Å². The zero-order chi connectivity index (χ0) is 10.2. The van der Waals surface area contributed by atoms with E-state index in [9.17, 15) is 0 Å². The molecule has 0 spiro atoms. The minimum absolute atomic E-state index is 0.250. The van der Waals surface area contributed by atoms with E-state index in [0.717, 1.165) is 17.4 Å². The molecule has 0 amide bonds. The molecule has 3 nitrogen and oxygen atoms in total. The Hall–Kier alpha value is -0.620. The summed E-state index contributed by atoms with van der Waals surface area (Å²) in [5.41, 5.74) is 0. The molecule has 1 aliphatic heterocycles. The van der Waals surface area contributed by atoms with Crippen molar-refractivity contribution in [1.29, 1.82) is 5.26 Å². The van der Waals surface area contributed by atoms with Crippen molar-refractivity contribution in [3.05, 3.63) is 0 Å². The summed E-state index contributed by atoms with van der Waals surface area (Å²) in [6.45, 7) is 3.61. The number of likely N-dealkylation sites (tertiary alicyclic amines) is 1. The van der Waals surface area contributed by atoms with Gasteiger partial charge in [0, 0.05) is 12.8 Å². The van der Waals surface area contributed by atoms with Crippen molar-refractivity contribution in [2.24, 2.45) is 0 Å². The summed E-state index contributed by atoms with van der Waals surface area (Å²) in [5.74, 6) is 0. The second-order valence-electron chi connectivity index (χ2n) is 3.54. The average Bonchev–Trinajstić information content (AvgIpc) is 2.51. The Labute approximate surface area is 82.0 Å². The fourth-order valence-electron chi connectivity index (χ4n) is 1.64. The molecule has 1 saturated heterocycles. The van der Waals surface area contributed by atoms with Crippen LogP contribution in [0, 0.1) is 11.3 Å². The van der Waals surface area contributed by atoms with Crippen LogP contribution in [0.1, 0.15) is 19.3 Å². The van der Waals surface area contributed by atoms with Gasteiger partial charge in [-0.2, -0.15) is 5.26 Å². The Morgan fingerprint density at radius 1 is 1.54 bits per heavy atom. The summed E-state index contributed by atoms with van der Waals surface area (Å²) >= 11 is 0. The van der Waals surface area contributed by atoms with Crippen LogP contribution >= 0.6 is 0 Å². The monoisotopic (exact) mass is 177 g/mol. The molecule has 0 saturated carbocycles. The van der Waals surface area contributed by atoms with Gasteiger partial charge in [-0.15, -0.1) is 0 Å². The van der Waals surface area contributed by atoms with Crippen LogP contribution in [0.4, 0.5) is 0 Å². The van der Waals surface area contributed by atoms with E-state index in [0.29, 0.717) is 0 Å². The number of rotatable bonds is 2. The topological polar surface area (TPSA) is 40.9 Å². The van der Waals surface area contributed by atoms with Crippen LogP contribution in [-0.2, 0) is 4.70 Å². The SMILES string of the molecule is C[N+]1(CCC#N)CCCC1.[B]B=O. The molecule has 0 aromatic rings. The molecule has 0 atom stereocenters. The summed E-state index contributed by atoms with van der Waals surface area (Å²) in [6, 6.07) is 2.20. The summed E-state index contributed by atoms with van der Waals surface area (Å²) < 4.78 is 9.72. The normalized spacial score (nSPS) is 17.8. The van der Waals surface area contributed by atoms with Gasteiger partial charge < -0.3 is 4.48 Å². The van der Waals surface area contributed by atoms with Crippen LogP contribution in [0.25, 0.3) is 0 Å². The zero-order valence-electron chi connectivity index (χ0n) is 8.20. The Bertz CT molecular complexity index is 185. The molecule has 1 rings (SSSR count).